The van der Waals surface area contributed by atoms with E-state index in [9.17, 15) is 33.2 Å². The van der Waals surface area contributed by atoms with Gasteiger partial charge in [0.15, 0.2) is 11.2 Å². The average molecular weight is 542 g/mol. The van der Waals surface area contributed by atoms with Gasteiger partial charge in [-0.3, -0.25) is 23.1 Å². The van der Waals surface area contributed by atoms with Gasteiger partial charge in [-0.1, -0.05) is 0 Å². The van der Waals surface area contributed by atoms with Crippen molar-refractivity contribution in [1.29, 1.82) is 0 Å². The zero-order valence-corrected chi connectivity index (χ0v) is 25.7. The van der Waals surface area contributed by atoms with E-state index in [1.165, 1.54) is 17.2 Å². The number of aromatic amines is 1. The minimum Gasteiger partial charge on any atom is -0.756 e. The van der Waals surface area contributed by atoms with Crippen LogP contribution in [0.1, 0.15) is 19.1 Å². The maximum Gasteiger partial charge on any atom is 1.00 e. The molecule has 32 heavy (non-hydrogen) atoms. The summed E-state index contributed by atoms with van der Waals surface area (Å²) in [5, 5.41) is 0. The van der Waals surface area contributed by atoms with E-state index in [0.717, 1.165) is 0 Å². The van der Waals surface area contributed by atoms with Crippen molar-refractivity contribution >= 4 is 34.6 Å². The van der Waals surface area contributed by atoms with Crippen LogP contribution in [0, 0.1) is 0 Å². The van der Waals surface area contributed by atoms with Gasteiger partial charge < -0.3 is 33.8 Å². The molecule has 0 radical (unpaired) electrons. The van der Waals surface area contributed by atoms with Crippen molar-refractivity contribution in [3.05, 3.63) is 23.0 Å². The second kappa shape index (κ2) is 13.3. The molecule has 0 saturated carbocycles. The van der Waals surface area contributed by atoms with E-state index >= 15 is 0 Å². The van der Waals surface area contributed by atoms with Gasteiger partial charge in [0.25, 0.3) is 29.0 Å². The molecule has 5 atom stereocenters. The Bertz CT molecular complexity index is 1110. The number of nitrogens with zero attached hydrogens (tertiary/aromatic N) is 3. The summed E-state index contributed by atoms with van der Waals surface area (Å²) in [5.74, 6) is 0. The number of imidazole rings is 1. The Kier molecular flexibility index (Phi) is 14.0. The third-order valence-corrected chi connectivity index (χ3v) is 7.27. The molecule has 0 bridgehead atoms. The predicted octanol–water partition coefficient (Wildman–Crippen LogP) is -10.7. The van der Waals surface area contributed by atoms with E-state index in [0.29, 0.717) is 6.42 Å². The number of rotatable bonds is 8. The molecule has 2 aromatic heterocycles. The maximum atomic E-state index is 11.7. The summed E-state index contributed by atoms with van der Waals surface area (Å²) in [6.07, 6.45) is 1.69. The van der Waals surface area contributed by atoms with E-state index < -0.39 is 48.0 Å². The first kappa shape index (κ1) is 33.7. The fourth-order valence-corrected chi connectivity index (χ4v) is 5.47. The average Bonchev–Trinajstić information content (AvgIpc) is 3.16. The molecule has 5 unspecified atom stereocenters. The topological polar surface area (TPSA) is 241 Å². The number of fused-ring (bicyclic) bond motifs is 1. The summed E-state index contributed by atoms with van der Waals surface area (Å²) in [6.45, 7) is -0.661. The standard InChI is InChI=1S/C10H15N4O12P3.3Na/c15-10-8-9(11-4-12-10)14(5-13-8)7-2-1-6(24-7)3-23-28(19,20)26-29(21,22)25-27(16,17)18;;;/h4-7H,1-3H2,(H,19,20)(H,21,22)(H,11,12,15)(H2,16,17,18);;;/q;3*+1/p-3. The van der Waals surface area contributed by atoms with Crippen molar-refractivity contribution in [2.45, 2.75) is 25.2 Å². The van der Waals surface area contributed by atoms with Crippen molar-refractivity contribution in [2.24, 2.45) is 0 Å². The molecule has 3 heterocycles. The molecule has 22 heteroatoms. The molecule has 1 aliphatic rings. The predicted molar refractivity (Wildman–Crippen MR) is 84.5 cm³/mol. The Morgan fingerprint density at radius 3 is 2.41 bits per heavy atom. The summed E-state index contributed by atoms with van der Waals surface area (Å²) in [5.41, 5.74) is -0.126. The number of phosphoric acid groups is 3. The first-order chi connectivity index (χ1) is 13.4. The molecule has 0 spiro atoms. The van der Waals surface area contributed by atoms with Crippen LogP contribution in [-0.4, -0.2) is 37.1 Å². The van der Waals surface area contributed by atoms with Gasteiger partial charge in [0.2, 0.25) is 0 Å². The molecule has 1 fully saturated rings. The normalized spacial score (nSPS) is 23.6. The number of nitrogens with one attached hydrogen (secondary N) is 1. The molecular weight excluding hydrogens is 530 g/mol. The van der Waals surface area contributed by atoms with Gasteiger partial charge in [0, 0.05) is 0 Å². The van der Waals surface area contributed by atoms with Gasteiger partial charge in [-0.05, 0) is 12.8 Å². The Hall–Kier alpha value is 1.72. The number of ether oxygens (including phenoxy) is 1. The quantitative estimate of drug-likeness (QED) is 0.233. The van der Waals surface area contributed by atoms with Crippen LogP contribution >= 0.6 is 23.5 Å². The Morgan fingerprint density at radius 2 is 1.78 bits per heavy atom. The van der Waals surface area contributed by atoms with Gasteiger partial charge in [-0.25, -0.2) is 18.6 Å². The summed E-state index contributed by atoms with van der Waals surface area (Å²) in [4.78, 5) is 63.3. The van der Waals surface area contributed by atoms with Gasteiger partial charge in [-0.15, -0.1) is 0 Å². The van der Waals surface area contributed by atoms with Crippen molar-refractivity contribution in [3.8, 4) is 0 Å². The fourth-order valence-electron chi connectivity index (χ4n) is 2.55. The monoisotopic (exact) mass is 542 g/mol. The van der Waals surface area contributed by atoms with Crippen LogP contribution < -0.4 is 109 Å². The molecule has 0 aliphatic carbocycles. The van der Waals surface area contributed by atoms with Gasteiger partial charge in [0.1, 0.15) is 6.23 Å². The van der Waals surface area contributed by atoms with Crippen LogP contribution in [0.5, 0.6) is 0 Å². The van der Waals surface area contributed by atoms with Crippen molar-refractivity contribution in [1.82, 2.24) is 19.5 Å². The molecule has 16 nitrogen and oxygen atoms in total. The summed E-state index contributed by atoms with van der Waals surface area (Å²) in [6, 6.07) is 0. The van der Waals surface area contributed by atoms with Crippen molar-refractivity contribution < 1.29 is 140 Å². The van der Waals surface area contributed by atoms with Crippen LogP contribution in [0.2, 0.25) is 0 Å². The second-order valence-corrected chi connectivity index (χ2v) is 9.96. The smallest absolute Gasteiger partial charge is 0.756 e. The van der Waals surface area contributed by atoms with Crippen LogP contribution in [0.25, 0.3) is 11.2 Å². The maximum absolute atomic E-state index is 11.7. The third-order valence-electron chi connectivity index (χ3n) is 3.58. The van der Waals surface area contributed by atoms with Gasteiger partial charge in [-0.2, -0.15) is 0 Å². The minimum atomic E-state index is -5.95. The molecule has 162 valence electrons. The number of hydrogen-bond donors (Lipinski definition) is 2. The van der Waals surface area contributed by atoms with Crippen LogP contribution in [0.15, 0.2) is 17.4 Å². The summed E-state index contributed by atoms with van der Waals surface area (Å²) < 4.78 is 51.2. The second-order valence-electron chi connectivity index (χ2n) is 5.67. The number of H-pyrrole nitrogens is 1. The largest absolute Gasteiger partial charge is 1.00 e. The van der Waals surface area contributed by atoms with E-state index in [1.807, 2.05) is 0 Å². The third kappa shape index (κ3) is 9.64. The molecular formula is C10H12N4Na3O12P3. The van der Waals surface area contributed by atoms with E-state index in [-0.39, 0.29) is 106 Å². The minimum absolute atomic E-state index is 0. The number of aromatic nitrogens is 4. The fraction of sp³-hybridized carbons (Fsp3) is 0.500. The molecule has 1 aliphatic heterocycles. The molecule has 0 amide bonds. The zero-order valence-electron chi connectivity index (χ0n) is 17.1. The number of hydrogen-bond acceptors (Lipinski definition) is 13. The number of phosphoric ester groups is 1. The first-order valence-corrected chi connectivity index (χ1v) is 12.1. The van der Waals surface area contributed by atoms with Crippen LogP contribution in [0.4, 0.5) is 0 Å². The van der Waals surface area contributed by atoms with E-state index in [2.05, 4.69) is 28.1 Å². The Labute approximate surface area is 246 Å². The van der Waals surface area contributed by atoms with Crippen LogP contribution in [-0.2, 0) is 31.6 Å². The van der Waals surface area contributed by atoms with Gasteiger partial charge in [0.05, 0.1) is 25.4 Å². The van der Waals surface area contributed by atoms with E-state index in [4.69, 9.17) is 9.63 Å². The molecule has 0 aromatic carbocycles. The van der Waals surface area contributed by atoms with E-state index in [1.54, 1.807) is 0 Å². The molecule has 1 saturated heterocycles. The molecule has 3 rings (SSSR count). The molecule has 2 aromatic rings. The first-order valence-electron chi connectivity index (χ1n) is 7.64. The molecule has 2 N–H and O–H groups in total. The zero-order chi connectivity index (χ0) is 21.4. The summed E-state index contributed by atoms with van der Waals surface area (Å²) >= 11 is 0. The van der Waals surface area contributed by atoms with Crippen molar-refractivity contribution in [3.63, 3.8) is 0 Å². The summed E-state index contributed by atoms with van der Waals surface area (Å²) in [7, 11) is -17.3. The van der Waals surface area contributed by atoms with Crippen LogP contribution in [0.3, 0.4) is 0 Å². The Morgan fingerprint density at radius 1 is 1.12 bits per heavy atom. The van der Waals surface area contributed by atoms with Crippen molar-refractivity contribution in [2.75, 3.05) is 6.61 Å². The Balaban J connectivity index is 0.00000320. The SMILES string of the molecule is O=c1[nH]cnc2c1ncn2C1CCC(COP(=O)([O-])OP(=O)([O-])OP(=O)([O-])O)O1.[Na+].[Na+].[Na+]. The van der Waals surface area contributed by atoms with Gasteiger partial charge >= 0.3 is 88.7 Å².